The molecule has 0 bridgehead atoms. The molecule has 4 rings (SSSR count). The summed E-state index contributed by atoms with van der Waals surface area (Å²) in [5, 5.41) is 0. The van der Waals surface area contributed by atoms with Gasteiger partial charge in [-0.05, 0) is 12.1 Å². The van der Waals surface area contributed by atoms with Gasteiger partial charge in [0.1, 0.15) is 29.4 Å². The van der Waals surface area contributed by atoms with Crippen molar-refractivity contribution in [3.05, 3.63) is 81.5 Å². The highest BCUT2D eigenvalue weighted by Crippen LogP contribution is 2.28. The lowest BCUT2D eigenvalue weighted by Crippen LogP contribution is -2.29. The van der Waals surface area contributed by atoms with Crippen molar-refractivity contribution in [2.45, 2.75) is 26.1 Å². The normalized spacial score (nSPS) is 13.5. The molecule has 35 heavy (non-hydrogen) atoms. The zero-order valence-electron chi connectivity index (χ0n) is 20.2. The summed E-state index contributed by atoms with van der Waals surface area (Å²) < 4.78 is 23.5. The van der Waals surface area contributed by atoms with Gasteiger partial charge >= 0.3 is 5.97 Å². The van der Waals surface area contributed by atoms with Crippen LogP contribution in [0.3, 0.4) is 0 Å². The number of fused-ring (bicyclic) bond motifs is 1. The molecule has 0 amide bonds. The van der Waals surface area contributed by atoms with Gasteiger partial charge in [0.25, 0.3) is 5.56 Å². The SMILES string of the molecule is COC(=O)c1c(OCc2cccnc2)cc(=O)n2c1CCN(Cc1ccc(OC)cc1OC)CC2. The molecular weight excluding hydrogens is 450 g/mol. The van der Waals surface area contributed by atoms with Crippen LogP contribution in [0.1, 0.15) is 27.2 Å². The number of pyridine rings is 2. The number of nitrogens with zero attached hydrogens (tertiary/aromatic N) is 3. The van der Waals surface area contributed by atoms with Crippen LogP contribution in [0.4, 0.5) is 0 Å². The standard InChI is InChI=1S/C26H29N3O6/c1-32-20-7-6-19(22(13-20)33-2)16-28-10-8-21-25(26(31)34-3)23(14-24(30)29(21)12-11-28)35-17-18-5-4-9-27-15-18/h4-7,9,13-15H,8,10-12,16-17H2,1-3H3. The van der Waals surface area contributed by atoms with Gasteiger partial charge in [-0.25, -0.2) is 4.79 Å². The topological polar surface area (TPSA) is 92.1 Å². The Hall–Kier alpha value is -3.85. The van der Waals surface area contributed by atoms with Crippen molar-refractivity contribution in [3.8, 4) is 17.2 Å². The second-order valence-electron chi connectivity index (χ2n) is 8.17. The van der Waals surface area contributed by atoms with E-state index < -0.39 is 5.97 Å². The minimum atomic E-state index is -0.528. The second-order valence-corrected chi connectivity index (χ2v) is 8.17. The van der Waals surface area contributed by atoms with E-state index in [9.17, 15) is 9.59 Å². The Morgan fingerprint density at radius 1 is 1.03 bits per heavy atom. The predicted octanol–water partition coefficient (Wildman–Crippen LogP) is 2.68. The molecule has 3 aromatic rings. The summed E-state index contributed by atoms with van der Waals surface area (Å²) >= 11 is 0. The molecule has 2 aromatic heterocycles. The first kappa shape index (κ1) is 24.3. The molecule has 0 N–H and O–H groups in total. The summed E-state index contributed by atoms with van der Waals surface area (Å²) in [6.45, 7) is 2.54. The molecule has 0 aliphatic carbocycles. The summed E-state index contributed by atoms with van der Waals surface area (Å²) in [7, 11) is 4.58. The van der Waals surface area contributed by atoms with Crippen molar-refractivity contribution in [1.82, 2.24) is 14.5 Å². The van der Waals surface area contributed by atoms with Gasteiger partial charge in [0.15, 0.2) is 0 Å². The van der Waals surface area contributed by atoms with Crippen LogP contribution >= 0.6 is 0 Å². The van der Waals surface area contributed by atoms with Crippen LogP contribution in [-0.4, -0.2) is 54.8 Å². The molecule has 1 aromatic carbocycles. The minimum Gasteiger partial charge on any atom is -0.497 e. The van der Waals surface area contributed by atoms with Crippen molar-refractivity contribution >= 4 is 5.97 Å². The first-order valence-corrected chi connectivity index (χ1v) is 11.3. The molecule has 9 nitrogen and oxygen atoms in total. The third-order valence-corrected chi connectivity index (χ3v) is 6.08. The molecule has 1 aliphatic rings. The van der Waals surface area contributed by atoms with Gasteiger partial charge in [0, 0.05) is 73.9 Å². The fourth-order valence-electron chi connectivity index (χ4n) is 4.26. The smallest absolute Gasteiger partial charge is 0.343 e. The van der Waals surface area contributed by atoms with Crippen LogP contribution in [-0.2, 0) is 30.9 Å². The number of benzene rings is 1. The number of ether oxygens (including phenoxy) is 4. The van der Waals surface area contributed by atoms with Crippen LogP contribution < -0.4 is 19.8 Å². The number of aromatic nitrogens is 2. The van der Waals surface area contributed by atoms with E-state index in [1.165, 1.54) is 13.2 Å². The van der Waals surface area contributed by atoms with E-state index in [0.717, 1.165) is 22.6 Å². The van der Waals surface area contributed by atoms with Crippen LogP contribution in [0, 0.1) is 0 Å². The molecule has 0 saturated carbocycles. The zero-order chi connectivity index (χ0) is 24.8. The lowest BCUT2D eigenvalue weighted by molar-refractivity contribution is 0.0592. The highest BCUT2D eigenvalue weighted by molar-refractivity contribution is 5.93. The molecule has 0 saturated heterocycles. The number of methoxy groups -OCH3 is 3. The zero-order valence-corrected chi connectivity index (χ0v) is 20.2. The lowest BCUT2D eigenvalue weighted by atomic mass is 10.1. The molecule has 184 valence electrons. The Labute approximate surface area is 203 Å². The van der Waals surface area contributed by atoms with E-state index in [4.69, 9.17) is 18.9 Å². The molecule has 0 unspecified atom stereocenters. The van der Waals surface area contributed by atoms with Crippen LogP contribution in [0.15, 0.2) is 53.6 Å². The summed E-state index contributed by atoms with van der Waals surface area (Å²) in [5.41, 5.74) is 2.55. The third-order valence-electron chi connectivity index (χ3n) is 6.08. The maximum Gasteiger partial charge on any atom is 0.343 e. The number of hydrogen-bond donors (Lipinski definition) is 0. The Bertz CT molecular complexity index is 1240. The van der Waals surface area contributed by atoms with E-state index in [-0.39, 0.29) is 17.9 Å². The van der Waals surface area contributed by atoms with Gasteiger partial charge in [-0.3, -0.25) is 14.7 Å². The van der Waals surface area contributed by atoms with Gasteiger partial charge in [0.2, 0.25) is 0 Å². The maximum atomic E-state index is 13.0. The van der Waals surface area contributed by atoms with Gasteiger partial charge in [-0.1, -0.05) is 12.1 Å². The van der Waals surface area contributed by atoms with Gasteiger partial charge < -0.3 is 23.5 Å². The highest BCUT2D eigenvalue weighted by atomic mass is 16.5. The largest absolute Gasteiger partial charge is 0.497 e. The summed E-state index contributed by atoms with van der Waals surface area (Å²) in [6.07, 6.45) is 3.84. The summed E-state index contributed by atoms with van der Waals surface area (Å²) in [4.78, 5) is 32.1. The van der Waals surface area contributed by atoms with Crippen LogP contribution in [0.5, 0.6) is 17.2 Å². The van der Waals surface area contributed by atoms with Crippen LogP contribution in [0.25, 0.3) is 0 Å². The number of esters is 1. The number of rotatable bonds is 8. The second kappa shape index (κ2) is 11.1. The summed E-state index contributed by atoms with van der Waals surface area (Å²) in [5.74, 6) is 1.16. The van der Waals surface area contributed by atoms with Crippen molar-refractivity contribution < 1.29 is 23.7 Å². The van der Waals surface area contributed by atoms with Gasteiger partial charge in [0.05, 0.1) is 21.3 Å². The van der Waals surface area contributed by atoms with E-state index >= 15 is 0 Å². The average Bonchev–Trinajstić information content (AvgIpc) is 3.11. The van der Waals surface area contributed by atoms with Gasteiger partial charge in [-0.15, -0.1) is 0 Å². The van der Waals surface area contributed by atoms with E-state index in [2.05, 4.69) is 9.88 Å². The van der Waals surface area contributed by atoms with E-state index in [1.807, 2.05) is 24.3 Å². The van der Waals surface area contributed by atoms with Crippen molar-refractivity contribution in [3.63, 3.8) is 0 Å². The third kappa shape index (κ3) is 5.46. The Morgan fingerprint density at radius 3 is 2.60 bits per heavy atom. The first-order chi connectivity index (χ1) is 17.0. The van der Waals surface area contributed by atoms with E-state index in [1.54, 1.807) is 37.2 Å². The maximum absolute atomic E-state index is 13.0. The Morgan fingerprint density at radius 2 is 1.89 bits per heavy atom. The minimum absolute atomic E-state index is 0.185. The molecule has 0 spiro atoms. The molecule has 0 atom stereocenters. The van der Waals surface area contributed by atoms with E-state index in [0.29, 0.717) is 43.9 Å². The van der Waals surface area contributed by atoms with Crippen molar-refractivity contribution in [1.29, 1.82) is 0 Å². The Balaban J connectivity index is 1.59. The average molecular weight is 480 g/mol. The number of carbonyl (C=O) groups is 1. The fourth-order valence-corrected chi connectivity index (χ4v) is 4.26. The number of hydrogen-bond acceptors (Lipinski definition) is 8. The molecule has 0 radical (unpaired) electrons. The van der Waals surface area contributed by atoms with Crippen molar-refractivity contribution in [2.24, 2.45) is 0 Å². The highest BCUT2D eigenvalue weighted by Gasteiger charge is 2.26. The summed E-state index contributed by atoms with van der Waals surface area (Å²) in [6, 6.07) is 10.8. The molecule has 3 heterocycles. The van der Waals surface area contributed by atoms with Crippen molar-refractivity contribution in [2.75, 3.05) is 34.4 Å². The predicted molar refractivity (Wildman–Crippen MR) is 129 cm³/mol. The first-order valence-electron chi connectivity index (χ1n) is 11.3. The molecule has 1 aliphatic heterocycles. The lowest BCUT2D eigenvalue weighted by Gasteiger charge is -2.21. The molecular formula is C26H29N3O6. The molecule has 9 heteroatoms. The number of carbonyl (C=O) groups excluding carboxylic acids is 1. The molecule has 0 fully saturated rings. The Kier molecular flexibility index (Phi) is 7.67. The fraction of sp³-hybridized carbons (Fsp3) is 0.346. The monoisotopic (exact) mass is 479 g/mol. The quantitative estimate of drug-likeness (QED) is 0.456. The van der Waals surface area contributed by atoms with Crippen LogP contribution in [0.2, 0.25) is 0 Å². The van der Waals surface area contributed by atoms with Gasteiger partial charge in [-0.2, -0.15) is 0 Å².